The standard InChI is InChI=1S/C22H21IN2O3S/c1-16-7-13-20(14-8-16)29(27,28)25-21(15-17-5-3-2-4-6-17)22(26)24-19-11-9-18(23)10-12-19/h2-14,21,25H,15H2,1H3,(H,24,26)/t21-/m1/s1. The predicted octanol–water partition coefficient (Wildman–Crippen LogP) is 4.13. The molecule has 3 aromatic carbocycles. The summed E-state index contributed by atoms with van der Waals surface area (Å²) in [5, 5.41) is 2.80. The molecule has 3 rings (SSSR count). The molecule has 0 unspecified atom stereocenters. The third-order valence-electron chi connectivity index (χ3n) is 4.34. The molecule has 3 aromatic rings. The van der Waals surface area contributed by atoms with Gasteiger partial charge in [0, 0.05) is 9.26 Å². The largest absolute Gasteiger partial charge is 0.325 e. The number of hydrogen-bond acceptors (Lipinski definition) is 3. The van der Waals surface area contributed by atoms with Crippen molar-refractivity contribution in [1.29, 1.82) is 0 Å². The Kier molecular flexibility index (Phi) is 7.05. The molecule has 0 aliphatic heterocycles. The lowest BCUT2D eigenvalue weighted by Gasteiger charge is -2.19. The highest BCUT2D eigenvalue weighted by Crippen LogP contribution is 2.15. The summed E-state index contributed by atoms with van der Waals surface area (Å²) in [5.41, 5.74) is 2.44. The molecule has 29 heavy (non-hydrogen) atoms. The summed E-state index contributed by atoms with van der Waals surface area (Å²) in [6.07, 6.45) is 0.238. The predicted molar refractivity (Wildman–Crippen MR) is 123 cm³/mol. The topological polar surface area (TPSA) is 75.3 Å². The average molecular weight is 520 g/mol. The van der Waals surface area contributed by atoms with Gasteiger partial charge in [0.15, 0.2) is 0 Å². The maximum atomic E-state index is 12.9. The molecule has 0 spiro atoms. The maximum Gasteiger partial charge on any atom is 0.242 e. The van der Waals surface area contributed by atoms with Gasteiger partial charge in [-0.2, -0.15) is 4.72 Å². The van der Waals surface area contributed by atoms with Gasteiger partial charge in [-0.1, -0.05) is 48.0 Å². The number of carbonyl (C=O) groups excluding carboxylic acids is 1. The number of benzene rings is 3. The van der Waals surface area contributed by atoms with Crippen molar-refractivity contribution in [3.8, 4) is 0 Å². The van der Waals surface area contributed by atoms with Crippen molar-refractivity contribution in [1.82, 2.24) is 4.72 Å². The zero-order valence-electron chi connectivity index (χ0n) is 15.8. The van der Waals surface area contributed by atoms with E-state index in [4.69, 9.17) is 0 Å². The Hall–Kier alpha value is -2.23. The minimum atomic E-state index is -3.85. The zero-order valence-corrected chi connectivity index (χ0v) is 18.8. The highest BCUT2D eigenvalue weighted by Gasteiger charge is 2.26. The number of carbonyl (C=O) groups is 1. The van der Waals surface area contributed by atoms with E-state index in [9.17, 15) is 13.2 Å². The smallest absolute Gasteiger partial charge is 0.242 e. The lowest BCUT2D eigenvalue weighted by molar-refractivity contribution is -0.117. The van der Waals surface area contributed by atoms with Gasteiger partial charge in [-0.15, -0.1) is 0 Å². The van der Waals surface area contributed by atoms with Crippen LogP contribution in [0.15, 0.2) is 83.8 Å². The third-order valence-corrected chi connectivity index (χ3v) is 6.55. The van der Waals surface area contributed by atoms with Crippen molar-refractivity contribution in [2.24, 2.45) is 0 Å². The molecule has 0 saturated carbocycles. The quantitative estimate of drug-likeness (QED) is 0.461. The van der Waals surface area contributed by atoms with Crippen molar-refractivity contribution < 1.29 is 13.2 Å². The van der Waals surface area contributed by atoms with Crippen LogP contribution >= 0.6 is 22.6 Å². The summed E-state index contributed by atoms with van der Waals surface area (Å²) >= 11 is 2.18. The number of aryl methyl sites for hydroxylation is 1. The van der Waals surface area contributed by atoms with E-state index < -0.39 is 22.0 Å². The van der Waals surface area contributed by atoms with Crippen LogP contribution in [0.5, 0.6) is 0 Å². The summed E-state index contributed by atoms with van der Waals surface area (Å²) in [6.45, 7) is 1.89. The van der Waals surface area contributed by atoms with Gasteiger partial charge in [0.05, 0.1) is 4.90 Å². The van der Waals surface area contributed by atoms with E-state index in [0.717, 1.165) is 14.7 Å². The number of sulfonamides is 1. The molecule has 0 aliphatic carbocycles. The fourth-order valence-electron chi connectivity index (χ4n) is 2.77. The Bertz CT molecular complexity index is 1070. The lowest BCUT2D eigenvalue weighted by Crippen LogP contribution is -2.45. The molecular formula is C22H21IN2O3S. The average Bonchev–Trinajstić information content (AvgIpc) is 2.70. The maximum absolute atomic E-state index is 12.9. The van der Waals surface area contributed by atoms with Crippen molar-refractivity contribution >= 4 is 44.2 Å². The van der Waals surface area contributed by atoms with Crippen LogP contribution in [0.4, 0.5) is 5.69 Å². The highest BCUT2D eigenvalue weighted by molar-refractivity contribution is 14.1. The van der Waals surface area contributed by atoms with Crippen LogP contribution in [0.1, 0.15) is 11.1 Å². The van der Waals surface area contributed by atoms with Crippen molar-refractivity contribution in [2.75, 3.05) is 5.32 Å². The minimum Gasteiger partial charge on any atom is -0.325 e. The van der Waals surface area contributed by atoms with Crippen LogP contribution in [0.3, 0.4) is 0 Å². The van der Waals surface area contributed by atoms with E-state index in [-0.39, 0.29) is 11.3 Å². The fraction of sp³-hybridized carbons (Fsp3) is 0.136. The van der Waals surface area contributed by atoms with Gasteiger partial charge in [-0.3, -0.25) is 4.79 Å². The molecule has 0 radical (unpaired) electrons. The van der Waals surface area contributed by atoms with E-state index in [1.54, 1.807) is 24.3 Å². The summed E-state index contributed by atoms with van der Waals surface area (Å²) in [4.78, 5) is 13.1. The van der Waals surface area contributed by atoms with E-state index in [0.29, 0.717) is 5.69 Å². The second-order valence-electron chi connectivity index (χ2n) is 6.67. The number of nitrogens with one attached hydrogen (secondary N) is 2. The van der Waals surface area contributed by atoms with E-state index in [1.807, 2.05) is 49.4 Å². The molecule has 2 N–H and O–H groups in total. The van der Waals surface area contributed by atoms with Gasteiger partial charge < -0.3 is 5.32 Å². The SMILES string of the molecule is Cc1ccc(S(=O)(=O)N[C@H](Cc2ccccc2)C(=O)Nc2ccc(I)cc2)cc1. The minimum absolute atomic E-state index is 0.128. The molecule has 0 heterocycles. The molecule has 7 heteroatoms. The molecule has 1 amide bonds. The van der Waals surface area contributed by atoms with Crippen molar-refractivity contribution in [3.05, 3.63) is 93.6 Å². The first-order valence-corrected chi connectivity index (χ1v) is 11.6. The van der Waals surface area contributed by atoms with Gasteiger partial charge in [0.2, 0.25) is 15.9 Å². The summed E-state index contributed by atoms with van der Waals surface area (Å²) in [7, 11) is -3.85. The number of rotatable bonds is 7. The van der Waals surface area contributed by atoms with Crippen molar-refractivity contribution in [3.63, 3.8) is 0 Å². The summed E-state index contributed by atoms with van der Waals surface area (Å²) in [6, 6.07) is 22.2. The van der Waals surface area contributed by atoms with Gasteiger partial charge in [-0.05, 0) is 77.9 Å². The lowest BCUT2D eigenvalue weighted by atomic mass is 10.1. The molecule has 0 saturated heterocycles. The van der Waals surface area contributed by atoms with E-state index >= 15 is 0 Å². The van der Waals surface area contributed by atoms with Crippen LogP contribution < -0.4 is 10.0 Å². The Labute approximate surface area is 184 Å². The second-order valence-corrected chi connectivity index (χ2v) is 9.63. The molecule has 0 aliphatic rings. The molecular weight excluding hydrogens is 499 g/mol. The molecule has 0 aromatic heterocycles. The first kappa shape index (κ1) is 21.5. The van der Waals surface area contributed by atoms with Gasteiger partial charge in [0.25, 0.3) is 0 Å². The number of halogens is 1. The van der Waals surface area contributed by atoms with Crippen LogP contribution in [0, 0.1) is 10.5 Å². The Morgan fingerprint density at radius 2 is 1.55 bits per heavy atom. The van der Waals surface area contributed by atoms with Gasteiger partial charge in [-0.25, -0.2) is 8.42 Å². The summed E-state index contributed by atoms with van der Waals surface area (Å²) < 4.78 is 29.3. The highest BCUT2D eigenvalue weighted by atomic mass is 127. The monoisotopic (exact) mass is 520 g/mol. The number of hydrogen-bond donors (Lipinski definition) is 2. The molecule has 0 fully saturated rings. The zero-order chi connectivity index (χ0) is 20.9. The van der Waals surface area contributed by atoms with E-state index in [2.05, 4.69) is 32.6 Å². The third kappa shape index (κ3) is 6.12. The Morgan fingerprint density at radius 1 is 0.931 bits per heavy atom. The Morgan fingerprint density at radius 3 is 2.17 bits per heavy atom. The van der Waals surface area contributed by atoms with Crippen LogP contribution in [0.2, 0.25) is 0 Å². The number of amides is 1. The molecule has 0 bridgehead atoms. The van der Waals surface area contributed by atoms with Crippen LogP contribution in [-0.4, -0.2) is 20.4 Å². The van der Waals surface area contributed by atoms with Gasteiger partial charge in [0.1, 0.15) is 6.04 Å². The molecule has 1 atom stereocenters. The first-order chi connectivity index (χ1) is 13.8. The summed E-state index contributed by atoms with van der Waals surface area (Å²) in [5.74, 6) is -0.411. The Balaban J connectivity index is 1.84. The van der Waals surface area contributed by atoms with Crippen molar-refractivity contribution in [2.45, 2.75) is 24.3 Å². The molecule has 5 nitrogen and oxygen atoms in total. The normalized spacial score (nSPS) is 12.3. The molecule has 150 valence electrons. The fourth-order valence-corrected chi connectivity index (χ4v) is 4.33. The van der Waals surface area contributed by atoms with E-state index in [1.165, 1.54) is 12.1 Å². The number of anilines is 1. The van der Waals surface area contributed by atoms with Gasteiger partial charge >= 0.3 is 0 Å². The van der Waals surface area contributed by atoms with Crippen LogP contribution in [-0.2, 0) is 21.2 Å². The first-order valence-electron chi connectivity index (χ1n) is 9.03. The second kappa shape index (κ2) is 9.51. The van der Waals surface area contributed by atoms with Crippen LogP contribution in [0.25, 0.3) is 0 Å².